The van der Waals surface area contributed by atoms with Gasteiger partial charge in [-0.15, -0.1) is 22.7 Å². The molecule has 0 saturated heterocycles. The van der Waals surface area contributed by atoms with E-state index in [2.05, 4.69) is 169 Å². The van der Waals surface area contributed by atoms with Crippen LogP contribution in [-0.2, 0) is 0 Å². The number of rotatable bonds is 5. The van der Waals surface area contributed by atoms with Crippen LogP contribution < -0.4 is 4.90 Å². The summed E-state index contributed by atoms with van der Waals surface area (Å²) in [6.45, 7) is 0. The van der Waals surface area contributed by atoms with Gasteiger partial charge < -0.3 is 4.90 Å². The molecule has 9 rings (SSSR count). The van der Waals surface area contributed by atoms with Crippen LogP contribution in [-0.4, -0.2) is 0 Å². The number of hydrogen-bond acceptors (Lipinski definition) is 3. The summed E-state index contributed by atoms with van der Waals surface area (Å²) in [5, 5.41) is 5.20. The van der Waals surface area contributed by atoms with Crippen LogP contribution in [0.15, 0.2) is 164 Å². The molecule has 0 aliphatic carbocycles. The molecule has 0 aliphatic heterocycles. The van der Waals surface area contributed by atoms with Crippen molar-refractivity contribution in [1.82, 2.24) is 0 Å². The Bertz CT molecular complexity index is 2380. The van der Waals surface area contributed by atoms with Crippen molar-refractivity contribution >= 4 is 80.1 Å². The van der Waals surface area contributed by atoms with Crippen LogP contribution in [0.2, 0.25) is 0 Å². The molecule has 2 heterocycles. The average molecular weight is 610 g/mol. The lowest BCUT2D eigenvalue weighted by Gasteiger charge is -2.29. The van der Waals surface area contributed by atoms with Crippen LogP contribution in [0.3, 0.4) is 0 Å². The molecule has 0 spiro atoms. The topological polar surface area (TPSA) is 3.24 Å². The molecule has 0 N–H and O–H groups in total. The highest BCUT2D eigenvalue weighted by molar-refractivity contribution is 7.26. The van der Waals surface area contributed by atoms with Gasteiger partial charge in [0.15, 0.2) is 0 Å². The molecule has 0 amide bonds. The van der Waals surface area contributed by atoms with Gasteiger partial charge in [0.2, 0.25) is 0 Å². The second-order valence-electron chi connectivity index (χ2n) is 11.4. The maximum absolute atomic E-state index is 2.46. The smallest absolute Gasteiger partial charge is 0.0546 e. The molecule has 2 aromatic heterocycles. The van der Waals surface area contributed by atoms with Crippen molar-refractivity contribution in [2.24, 2.45) is 0 Å². The van der Waals surface area contributed by atoms with Gasteiger partial charge in [0.25, 0.3) is 0 Å². The molecule has 0 bridgehead atoms. The Labute approximate surface area is 269 Å². The predicted octanol–water partition coefficient (Wildman–Crippen LogP) is 13.2. The van der Waals surface area contributed by atoms with E-state index in [4.69, 9.17) is 0 Å². The van der Waals surface area contributed by atoms with Gasteiger partial charge in [-0.1, -0.05) is 109 Å². The number of anilines is 3. The molecule has 0 aliphatic rings. The zero-order valence-corrected chi connectivity index (χ0v) is 26.0. The maximum Gasteiger partial charge on any atom is 0.0546 e. The normalized spacial score (nSPS) is 11.6. The fraction of sp³-hybridized carbons (Fsp3) is 0. The Morgan fingerprint density at radius 2 is 0.822 bits per heavy atom. The van der Waals surface area contributed by atoms with Crippen LogP contribution in [0.5, 0.6) is 0 Å². The van der Waals surface area contributed by atoms with Gasteiger partial charge in [-0.05, 0) is 71.3 Å². The quantitative estimate of drug-likeness (QED) is 0.188. The Hall–Kier alpha value is -5.22. The summed E-state index contributed by atoms with van der Waals surface area (Å²) in [5.41, 5.74) is 8.23. The number of benzene rings is 7. The Kier molecular flexibility index (Phi) is 6.26. The molecule has 7 aromatic carbocycles. The number of hydrogen-bond donors (Lipinski definition) is 0. The minimum absolute atomic E-state index is 1.15. The number of nitrogens with zero attached hydrogens (tertiary/aromatic N) is 1. The minimum Gasteiger partial charge on any atom is -0.310 e. The second kappa shape index (κ2) is 10.7. The molecular formula is C42H27NS2. The standard InChI is InChI=1S/C42H27NS2/c1-3-11-28(12-4-1)30-19-22-33(29-13-5-2-6-14-29)38(25-30)43(31-20-23-41-36(26-31)34-15-7-9-17-39(34)44-41)32-21-24-42-37(27-32)35-16-8-10-18-40(35)45-42/h1-27H. The Morgan fingerprint density at radius 3 is 1.40 bits per heavy atom. The predicted molar refractivity (Wildman–Crippen MR) is 198 cm³/mol. The molecule has 212 valence electrons. The lowest BCUT2D eigenvalue weighted by atomic mass is 9.96. The summed E-state index contributed by atoms with van der Waals surface area (Å²) in [7, 11) is 0. The Morgan fingerprint density at radius 1 is 0.333 bits per heavy atom. The van der Waals surface area contributed by atoms with E-state index >= 15 is 0 Å². The molecule has 3 heteroatoms. The fourth-order valence-electron chi connectivity index (χ4n) is 6.52. The van der Waals surface area contributed by atoms with Crippen molar-refractivity contribution in [2.75, 3.05) is 4.90 Å². The van der Waals surface area contributed by atoms with Gasteiger partial charge >= 0.3 is 0 Å². The van der Waals surface area contributed by atoms with E-state index < -0.39 is 0 Å². The van der Waals surface area contributed by atoms with E-state index in [0.717, 1.165) is 17.1 Å². The molecule has 45 heavy (non-hydrogen) atoms. The van der Waals surface area contributed by atoms with Gasteiger partial charge in [-0.25, -0.2) is 0 Å². The molecule has 0 unspecified atom stereocenters. The van der Waals surface area contributed by atoms with Gasteiger partial charge in [0, 0.05) is 57.3 Å². The van der Waals surface area contributed by atoms with E-state index in [9.17, 15) is 0 Å². The Balaban J connectivity index is 1.35. The number of fused-ring (bicyclic) bond motifs is 6. The van der Waals surface area contributed by atoms with Crippen molar-refractivity contribution in [3.8, 4) is 22.3 Å². The third-order valence-electron chi connectivity index (χ3n) is 8.67. The van der Waals surface area contributed by atoms with Gasteiger partial charge in [-0.3, -0.25) is 0 Å². The first-order valence-corrected chi connectivity index (χ1v) is 16.8. The van der Waals surface area contributed by atoms with Gasteiger partial charge in [0.05, 0.1) is 5.69 Å². The second-order valence-corrected chi connectivity index (χ2v) is 13.5. The van der Waals surface area contributed by atoms with Crippen LogP contribution in [0, 0.1) is 0 Å². The molecule has 0 atom stereocenters. The summed E-state index contributed by atoms with van der Waals surface area (Å²) in [4.78, 5) is 2.46. The number of thiophene rings is 2. The lowest BCUT2D eigenvalue weighted by molar-refractivity contribution is 1.30. The van der Waals surface area contributed by atoms with Crippen LogP contribution in [0.1, 0.15) is 0 Å². The maximum atomic E-state index is 2.46. The summed E-state index contributed by atoms with van der Waals surface area (Å²) >= 11 is 3.72. The molecule has 1 nitrogen and oxygen atoms in total. The van der Waals surface area contributed by atoms with E-state index in [1.807, 2.05) is 22.7 Å². The molecular weight excluding hydrogens is 583 g/mol. The lowest BCUT2D eigenvalue weighted by Crippen LogP contribution is -2.11. The van der Waals surface area contributed by atoms with Crippen molar-refractivity contribution in [1.29, 1.82) is 0 Å². The largest absolute Gasteiger partial charge is 0.310 e. The first-order chi connectivity index (χ1) is 22.3. The van der Waals surface area contributed by atoms with Crippen molar-refractivity contribution < 1.29 is 0 Å². The SMILES string of the molecule is c1ccc(-c2ccc(-c3ccccc3)c(N(c3ccc4sc5ccccc5c4c3)c3ccc4sc5ccccc5c4c3)c2)cc1. The highest BCUT2D eigenvalue weighted by Crippen LogP contribution is 2.46. The third-order valence-corrected chi connectivity index (χ3v) is 11.0. The van der Waals surface area contributed by atoms with Gasteiger partial charge in [0.1, 0.15) is 0 Å². The van der Waals surface area contributed by atoms with Crippen LogP contribution >= 0.6 is 22.7 Å². The van der Waals surface area contributed by atoms with E-state index in [1.54, 1.807) is 0 Å². The molecule has 0 saturated carbocycles. The van der Waals surface area contributed by atoms with E-state index in [0.29, 0.717) is 0 Å². The highest BCUT2D eigenvalue weighted by atomic mass is 32.1. The third kappa shape index (κ3) is 4.52. The zero-order chi connectivity index (χ0) is 29.7. The zero-order valence-electron chi connectivity index (χ0n) is 24.4. The highest BCUT2D eigenvalue weighted by Gasteiger charge is 2.21. The van der Waals surface area contributed by atoms with E-state index in [1.165, 1.54) is 62.6 Å². The molecule has 9 aromatic rings. The van der Waals surface area contributed by atoms with Crippen molar-refractivity contribution in [3.63, 3.8) is 0 Å². The average Bonchev–Trinajstić information content (AvgIpc) is 3.67. The first-order valence-electron chi connectivity index (χ1n) is 15.2. The van der Waals surface area contributed by atoms with Crippen LogP contribution in [0.4, 0.5) is 17.1 Å². The van der Waals surface area contributed by atoms with Gasteiger partial charge in [-0.2, -0.15) is 0 Å². The van der Waals surface area contributed by atoms with E-state index in [-0.39, 0.29) is 0 Å². The summed E-state index contributed by atoms with van der Waals surface area (Å²) in [6.07, 6.45) is 0. The first kappa shape index (κ1) is 26.2. The molecule has 0 radical (unpaired) electrons. The summed E-state index contributed by atoms with van der Waals surface area (Å²) in [6, 6.07) is 59.8. The summed E-state index contributed by atoms with van der Waals surface area (Å²) < 4.78 is 5.25. The summed E-state index contributed by atoms with van der Waals surface area (Å²) in [5.74, 6) is 0. The van der Waals surface area contributed by atoms with Crippen LogP contribution in [0.25, 0.3) is 62.6 Å². The molecule has 0 fully saturated rings. The fourth-order valence-corrected chi connectivity index (χ4v) is 8.69. The minimum atomic E-state index is 1.15. The monoisotopic (exact) mass is 609 g/mol. The van der Waals surface area contributed by atoms with Crippen molar-refractivity contribution in [2.45, 2.75) is 0 Å². The van der Waals surface area contributed by atoms with Crippen molar-refractivity contribution in [3.05, 3.63) is 164 Å².